The van der Waals surface area contributed by atoms with Crippen LogP contribution in [0.4, 0.5) is 0 Å². The van der Waals surface area contributed by atoms with Gasteiger partial charge >= 0.3 is 5.97 Å². The van der Waals surface area contributed by atoms with E-state index in [-0.39, 0.29) is 5.97 Å². The van der Waals surface area contributed by atoms with E-state index in [4.69, 9.17) is 4.74 Å². The number of ketones is 1. The Hall–Kier alpha value is -2.68. The Kier molecular flexibility index (Phi) is 5.13. The third kappa shape index (κ3) is 4.05. The molecule has 0 spiro atoms. The van der Waals surface area contributed by atoms with Crippen molar-refractivity contribution in [1.29, 1.82) is 0 Å². The second kappa shape index (κ2) is 7.47. The minimum Gasteiger partial charge on any atom is -0.465 e. The number of esters is 1. The summed E-state index contributed by atoms with van der Waals surface area (Å²) in [5.74, 6) is 0.0308. The minimum atomic E-state index is -0.326. The molecular formula is C22H22O3. The summed E-state index contributed by atoms with van der Waals surface area (Å²) in [7, 11) is 1.38. The molecule has 25 heavy (non-hydrogen) atoms. The molecule has 0 unspecified atom stereocenters. The van der Waals surface area contributed by atoms with Gasteiger partial charge in [0.1, 0.15) is 5.78 Å². The van der Waals surface area contributed by atoms with Crippen LogP contribution in [-0.4, -0.2) is 18.9 Å². The van der Waals surface area contributed by atoms with Crippen molar-refractivity contribution in [2.24, 2.45) is 0 Å². The summed E-state index contributed by atoms with van der Waals surface area (Å²) in [5.41, 5.74) is 6.50. The summed E-state index contributed by atoms with van der Waals surface area (Å²) in [4.78, 5) is 23.2. The highest BCUT2D eigenvalue weighted by Gasteiger charge is 2.13. The molecule has 3 nitrogen and oxygen atoms in total. The molecule has 0 fully saturated rings. The van der Waals surface area contributed by atoms with Gasteiger partial charge in [0.2, 0.25) is 0 Å². The molecule has 0 aliphatic heterocycles. The van der Waals surface area contributed by atoms with Crippen molar-refractivity contribution in [2.75, 3.05) is 7.11 Å². The predicted octanol–water partition coefficient (Wildman–Crippen LogP) is 4.48. The number of aryl methyl sites for hydroxylation is 2. The standard InChI is InChI=1S/C22H22O3/c1-15(13-16-3-5-18(6-4-16)22(24)25-2)19-8-7-17-9-11-21(23)12-10-20(17)14-19/h3-8,13-14H,9-12H2,1-2H3. The molecule has 3 rings (SSSR count). The van der Waals surface area contributed by atoms with E-state index < -0.39 is 0 Å². The molecule has 1 aliphatic carbocycles. The zero-order chi connectivity index (χ0) is 17.8. The molecule has 2 aromatic rings. The van der Waals surface area contributed by atoms with E-state index in [1.54, 1.807) is 12.1 Å². The van der Waals surface area contributed by atoms with Crippen LogP contribution in [0.3, 0.4) is 0 Å². The van der Waals surface area contributed by atoms with Gasteiger partial charge in [0.05, 0.1) is 12.7 Å². The van der Waals surface area contributed by atoms with Gasteiger partial charge in [-0.15, -0.1) is 0 Å². The average molecular weight is 334 g/mol. The van der Waals surface area contributed by atoms with Crippen molar-refractivity contribution in [3.8, 4) is 0 Å². The highest BCUT2D eigenvalue weighted by Crippen LogP contribution is 2.25. The fraction of sp³-hybridized carbons (Fsp3) is 0.273. The second-order valence-electron chi connectivity index (χ2n) is 6.46. The summed E-state index contributed by atoms with van der Waals surface area (Å²) >= 11 is 0. The van der Waals surface area contributed by atoms with Crippen molar-refractivity contribution in [2.45, 2.75) is 32.6 Å². The maximum absolute atomic E-state index is 11.7. The zero-order valence-electron chi connectivity index (χ0n) is 14.7. The fourth-order valence-corrected chi connectivity index (χ4v) is 3.19. The van der Waals surface area contributed by atoms with E-state index in [0.29, 0.717) is 24.2 Å². The van der Waals surface area contributed by atoms with E-state index in [1.165, 1.54) is 23.8 Å². The number of allylic oxidation sites excluding steroid dienone is 1. The van der Waals surface area contributed by atoms with Crippen molar-refractivity contribution in [1.82, 2.24) is 0 Å². The smallest absolute Gasteiger partial charge is 0.337 e. The quantitative estimate of drug-likeness (QED) is 0.472. The Labute approximate surface area is 148 Å². The molecule has 0 N–H and O–H groups in total. The lowest BCUT2D eigenvalue weighted by molar-refractivity contribution is -0.118. The number of benzene rings is 2. The molecule has 3 heteroatoms. The molecule has 0 atom stereocenters. The fourth-order valence-electron chi connectivity index (χ4n) is 3.19. The molecule has 0 radical (unpaired) electrons. The number of rotatable bonds is 3. The topological polar surface area (TPSA) is 43.4 Å². The van der Waals surface area contributed by atoms with Crippen LogP contribution in [0.15, 0.2) is 42.5 Å². The van der Waals surface area contributed by atoms with Gasteiger partial charge < -0.3 is 4.74 Å². The molecule has 0 saturated carbocycles. The highest BCUT2D eigenvalue weighted by molar-refractivity contribution is 5.90. The first kappa shape index (κ1) is 17.2. The summed E-state index contributed by atoms with van der Waals surface area (Å²) in [6.07, 6.45) is 5.10. The lowest BCUT2D eigenvalue weighted by Gasteiger charge is -2.09. The lowest BCUT2D eigenvalue weighted by Crippen LogP contribution is -2.00. The van der Waals surface area contributed by atoms with Crippen LogP contribution in [0, 0.1) is 0 Å². The highest BCUT2D eigenvalue weighted by atomic mass is 16.5. The number of ether oxygens (including phenoxy) is 1. The summed E-state index contributed by atoms with van der Waals surface area (Å²) < 4.78 is 4.72. The molecule has 0 bridgehead atoms. The number of Topliss-reactive ketones (excluding diaryl/α,β-unsaturated/α-hetero) is 1. The van der Waals surface area contributed by atoms with Crippen LogP contribution >= 0.6 is 0 Å². The summed E-state index contributed by atoms with van der Waals surface area (Å²) in [6, 6.07) is 13.9. The molecule has 0 heterocycles. The van der Waals surface area contributed by atoms with Gasteiger partial charge in [0, 0.05) is 12.8 Å². The Morgan fingerprint density at radius 3 is 2.24 bits per heavy atom. The maximum Gasteiger partial charge on any atom is 0.337 e. The first-order valence-electron chi connectivity index (χ1n) is 8.57. The molecule has 0 aromatic heterocycles. The minimum absolute atomic E-state index is 0.326. The molecular weight excluding hydrogens is 312 g/mol. The third-order valence-corrected chi connectivity index (χ3v) is 4.72. The second-order valence-corrected chi connectivity index (χ2v) is 6.46. The average Bonchev–Trinajstić information content (AvgIpc) is 2.83. The number of carbonyl (C=O) groups excluding carboxylic acids is 2. The molecule has 0 saturated heterocycles. The third-order valence-electron chi connectivity index (χ3n) is 4.72. The first-order chi connectivity index (χ1) is 12.1. The van der Waals surface area contributed by atoms with Crippen molar-refractivity contribution in [3.63, 3.8) is 0 Å². The van der Waals surface area contributed by atoms with Gasteiger partial charge in [-0.2, -0.15) is 0 Å². The van der Waals surface area contributed by atoms with Gasteiger partial charge in [-0.25, -0.2) is 4.79 Å². The Balaban J connectivity index is 1.83. The van der Waals surface area contributed by atoms with Crippen molar-refractivity contribution in [3.05, 3.63) is 70.3 Å². The Bertz CT molecular complexity index is 829. The van der Waals surface area contributed by atoms with E-state index in [1.807, 2.05) is 12.1 Å². The van der Waals surface area contributed by atoms with Gasteiger partial charge in [-0.05, 0) is 59.7 Å². The number of hydrogen-bond donors (Lipinski definition) is 0. The molecule has 0 amide bonds. The molecule has 1 aliphatic rings. The molecule has 128 valence electrons. The van der Waals surface area contributed by atoms with Gasteiger partial charge in [-0.3, -0.25) is 4.79 Å². The number of carbonyl (C=O) groups is 2. The Morgan fingerprint density at radius 2 is 1.56 bits per heavy atom. The van der Waals surface area contributed by atoms with E-state index >= 15 is 0 Å². The maximum atomic E-state index is 11.7. The van der Waals surface area contributed by atoms with Crippen LogP contribution in [0.5, 0.6) is 0 Å². The summed E-state index contributed by atoms with van der Waals surface area (Å²) in [6.45, 7) is 2.08. The number of fused-ring (bicyclic) bond motifs is 1. The lowest BCUT2D eigenvalue weighted by atomic mass is 9.96. The van der Waals surface area contributed by atoms with Gasteiger partial charge in [0.15, 0.2) is 0 Å². The zero-order valence-corrected chi connectivity index (χ0v) is 14.7. The monoisotopic (exact) mass is 334 g/mol. The van der Waals surface area contributed by atoms with Crippen LogP contribution < -0.4 is 0 Å². The van der Waals surface area contributed by atoms with E-state index in [2.05, 4.69) is 31.2 Å². The van der Waals surface area contributed by atoms with Crippen LogP contribution in [0.25, 0.3) is 11.6 Å². The largest absolute Gasteiger partial charge is 0.465 e. The van der Waals surface area contributed by atoms with E-state index in [9.17, 15) is 9.59 Å². The van der Waals surface area contributed by atoms with Crippen LogP contribution in [0.1, 0.15) is 52.4 Å². The predicted molar refractivity (Wildman–Crippen MR) is 99.4 cm³/mol. The number of hydrogen-bond acceptors (Lipinski definition) is 3. The van der Waals surface area contributed by atoms with Gasteiger partial charge in [0.25, 0.3) is 0 Å². The SMILES string of the molecule is COC(=O)c1ccc(C=C(C)c2ccc3c(c2)CCC(=O)CC3)cc1. The molecule has 2 aromatic carbocycles. The van der Waals surface area contributed by atoms with E-state index in [0.717, 1.165) is 24.0 Å². The summed E-state index contributed by atoms with van der Waals surface area (Å²) in [5, 5.41) is 0. The van der Waals surface area contributed by atoms with Crippen molar-refractivity contribution >= 4 is 23.4 Å². The normalized spacial score (nSPS) is 14.6. The number of methoxy groups -OCH3 is 1. The van der Waals surface area contributed by atoms with Crippen LogP contribution in [-0.2, 0) is 22.4 Å². The first-order valence-corrected chi connectivity index (χ1v) is 8.57. The van der Waals surface area contributed by atoms with Crippen LogP contribution in [0.2, 0.25) is 0 Å². The van der Waals surface area contributed by atoms with Gasteiger partial charge in [-0.1, -0.05) is 36.4 Å². The van der Waals surface area contributed by atoms with Crippen molar-refractivity contribution < 1.29 is 14.3 Å². The Morgan fingerprint density at radius 1 is 0.920 bits per heavy atom.